The average molecular weight is 236 g/mol. The average Bonchev–Trinajstić information content (AvgIpc) is 2.71. The number of hydrogen-bond acceptors (Lipinski definition) is 3. The fourth-order valence-corrected chi connectivity index (χ4v) is 4.37. The van der Waals surface area contributed by atoms with Crippen molar-refractivity contribution in [2.24, 2.45) is 0 Å². The standard InChI is InChI=1S/C13H20N2S/c1-10-9-11-3-8-16-12(11)13(14-10)4-6-15(2)7-5-13/h3,8,10,14H,4-7,9H2,1-2H3/t10-/m0/s1. The molecule has 16 heavy (non-hydrogen) atoms. The van der Waals surface area contributed by atoms with Crippen molar-refractivity contribution in [2.75, 3.05) is 20.1 Å². The Morgan fingerprint density at radius 1 is 1.44 bits per heavy atom. The van der Waals surface area contributed by atoms with Crippen LogP contribution in [0.3, 0.4) is 0 Å². The van der Waals surface area contributed by atoms with Gasteiger partial charge >= 0.3 is 0 Å². The van der Waals surface area contributed by atoms with Gasteiger partial charge in [-0.05, 0) is 63.3 Å². The van der Waals surface area contributed by atoms with E-state index >= 15 is 0 Å². The van der Waals surface area contributed by atoms with Crippen LogP contribution in [0.4, 0.5) is 0 Å². The topological polar surface area (TPSA) is 15.3 Å². The summed E-state index contributed by atoms with van der Waals surface area (Å²) in [5.74, 6) is 0. The van der Waals surface area contributed by atoms with Gasteiger partial charge in [-0.2, -0.15) is 0 Å². The summed E-state index contributed by atoms with van der Waals surface area (Å²) in [7, 11) is 2.23. The number of nitrogens with one attached hydrogen (secondary N) is 1. The Labute approximate surface area is 102 Å². The van der Waals surface area contributed by atoms with Crippen molar-refractivity contribution in [1.82, 2.24) is 10.2 Å². The molecule has 3 heteroatoms. The molecule has 1 aromatic rings. The number of fused-ring (bicyclic) bond motifs is 2. The maximum Gasteiger partial charge on any atom is 0.0558 e. The van der Waals surface area contributed by atoms with E-state index in [2.05, 4.69) is 35.6 Å². The maximum atomic E-state index is 3.88. The summed E-state index contributed by atoms with van der Waals surface area (Å²) in [6.45, 7) is 4.76. The van der Waals surface area contributed by atoms with Crippen LogP contribution in [0.25, 0.3) is 0 Å². The number of piperidine rings is 1. The second-order valence-electron chi connectivity index (χ2n) is 5.41. The summed E-state index contributed by atoms with van der Waals surface area (Å²) in [4.78, 5) is 4.07. The van der Waals surface area contributed by atoms with E-state index in [9.17, 15) is 0 Å². The third kappa shape index (κ3) is 1.62. The number of hydrogen-bond donors (Lipinski definition) is 1. The quantitative estimate of drug-likeness (QED) is 0.743. The van der Waals surface area contributed by atoms with E-state index in [0.29, 0.717) is 11.6 Å². The van der Waals surface area contributed by atoms with Gasteiger partial charge in [0.15, 0.2) is 0 Å². The van der Waals surface area contributed by atoms with Crippen molar-refractivity contribution in [2.45, 2.75) is 37.8 Å². The molecule has 0 saturated carbocycles. The Morgan fingerprint density at radius 3 is 2.94 bits per heavy atom. The van der Waals surface area contributed by atoms with E-state index in [1.165, 1.54) is 32.4 Å². The van der Waals surface area contributed by atoms with Gasteiger partial charge in [0.2, 0.25) is 0 Å². The zero-order valence-corrected chi connectivity index (χ0v) is 10.9. The molecule has 0 aromatic carbocycles. The molecule has 1 fully saturated rings. The van der Waals surface area contributed by atoms with E-state index in [1.54, 1.807) is 10.4 Å². The van der Waals surface area contributed by atoms with Gasteiger partial charge in [0, 0.05) is 10.9 Å². The van der Waals surface area contributed by atoms with Gasteiger partial charge < -0.3 is 10.2 Å². The van der Waals surface area contributed by atoms with Crippen LogP contribution in [-0.4, -0.2) is 31.1 Å². The first-order valence-electron chi connectivity index (χ1n) is 6.23. The third-order valence-electron chi connectivity index (χ3n) is 4.07. The molecule has 0 aliphatic carbocycles. The molecule has 0 bridgehead atoms. The monoisotopic (exact) mass is 236 g/mol. The molecule has 2 aliphatic heterocycles. The third-order valence-corrected chi connectivity index (χ3v) is 5.23. The lowest BCUT2D eigenvalue weighted by Gasteiger charge is -2.46. The lowest BCUT2D eigenvalue weighted by molar-refractivity contribution is 0.139. The summed E-state index contributed by atoms with van der Waals surface area (Å²) in [6, 6.07) is 2.96. The van der Waals surface area contributed by atoms with E-state index < -0.39 is 0 Å². The van der Waals surface area contributed by atoms with Crippen LogP contribution in [0, 0.1) is 0 Å². The Hall–Kier alpha value is -0.380. The van der Waals surface area contributed by atoms with Crippen LogP contribution in [0.5, 0.6) is 0 Å². The van der Waals surface area contributed by atoms with Crippen molar-refractivity contribution >= 4 is 11.3 Å². The molecule has 2 aliphatic rings. The van der Waals surface area contributed by atoms with E-state index in [-0.39, 0.29) is 0 Å². The molecule has 3 rings (SSSR count). The minimum Gasteiger partial charge on any atom is -0.306 e. The highest BCUT2D eigenvalue weighted by Gasteiger charge is 2.41. The van der Waals surface area contributed by atoms with E-state index in [0.717, 1.165) is 0 Å². The summed E-state index contributed by atoms with van der Waals surface area (Å²) >= 11 is 1.95. The van der Waals surface area contributed by atoms with Crippen molar-refractivity contribution in [3.63, 3.8) is 0 Å². The fraction of sp³-hybridized carbons (Fsp3) is 0.692. The summed E-state index contributed by atoms with van der Waals surface area (Å²) in [5, 5.41) is 6.15. The SMILES string of the molecule is C[C@H]1Cc2ccsc2C2(CCN(C)CC2)N1. The Balaban J connectivity index is 1.96. The van der Waals surface area contributed by atoms with Crippen LogP contribution in [0.1, 0.15) is 30.2 Å². The number of thiophene rings is 1. The summed E-state index contributed by atoms with van der Waals surface area (Å²) in [6.07, 6.45) is 3.74. The predicted octanol–water partition coefficient (Wildman–Crippen LogP) is 2.20. The van der Waals surface area contributed by atoms with Gasteiger partial charge in [-0.1, -0.05) is 0 Å². The predicted molar refractivity (Wildman–Crippen MR) is 69.0 cm³/mol. The fourth-order valence-electron chi connectivity index (χ4n) is 3.21. The highest BCUT2D eigenvalue weighted by atomic mass is 32.1. The Morgan fingerprint density at radius 2 is 2.19 bits per heavy atom. The number of rotatable bonds is 0. The van der Waals surface area contributed by atoms with Crippen molar-refractivity contribution in [3.8, 4) is 0 Å². The second kappa shape index (κ2) is 3.83. The minimum absolute atomic E-state index is 0.299. The first-order chi connectivity index (χ1) is 7.70. The van der Waals surface area contributed by atoms with E-state index in [4.69, 9.17) is 0 Å². The molecular weight excluding hydrogens is 216 g/mol. The molecule has 1 atom stereocenters. The smallest absolute Gasteiger partial charge is 0.0558 e. The number of likely N-dealkylation sites (tertiary alicyclic amines) is 1. The van der Waals surface area contributed by atoms with Crippen LogP contribution in [0.2, 0.25) is 0 Å². The zero-order chi connectivity index (χ0) is 11.2. The number of nitrogens with zero attached hydrogens (tertiary/aromatic N) is 1. The highest BCUT2D eigenvalue weighted by molar-refractivity contribution is 7.10. The summed E-state index contributed by atoms with van der Waals surface area (Å²) < 4.78 is 0. The molecular formula is C13H20N2S. The van der Waals surface area contributed by atoms with Crippen LogP contribution < -0.4 is 5.32 Å². The van der Waals surface area contributed by atoms with Gasteiger partial charge in [-0.3, -0.25) is 0 Å². The molecule has 0 radical (unpaired) electrons. The lowest BCUT2D eigenvalue weighted by Crippen LogP contribution is -2.55. The molecule has 0 unspecified atom stereocenters. The summed E-state index contributed by atoms with van der Waals surface area (Å²) in [5.41, 5.74) is 1.90. The van der Waals surface area contributed by atoms with Crippen LogP contribution in [0.15, 0.2) is 11.4 Å². The van der Waals surface area contributed by atoms with Crippen molar-refractivity contribution in [1.29, 1.82) is 0 Å². The highest BCUT2D eigenvalue weighted by Crippen LogP contribution is 2.41. The first-order valence-corrected chi connectivity index (χ1v) is 7.11. The second-order valence-corrected chi connectivity index (χ2v) is 6.33. The molecule has 1 saturated heterocycles. The molecule has 0 amide bonds. The Bertz CT molecular complexity index is 377. The minimum atomic E-state index is 0.299. The Kier molecular flexibility index (Phi) is 2.57. The first kappa shape index (κ1) is 10.8. The van der Waals surface area contributed by atoms with Crippen molar-refractivity contribution in [3.05, 3.63) is 21.9 Å². The van der Waals surface area contributed by atoms with Gasteiger partial charge in [-0.25, -0.2) is 0 Å². The van der Waals surface area contributed by atoms with Gasteiger partial charge in [0.05, 0.1) is 5.54 Å². The van der Waals surface area contributed by atoms with Gasteiger partial charge in [0.25, 0.3) is 0 Å². The molecule has 3 heterocycles. The van der Waals surface area contributed by atoms with Gasteiger partial charge in [-0.15, -0.1) is 11.3 Å². The molecule has 88 valence electrons. The van der Waals surface area contributed by atoms with Crippen LogP contribution in [-0.2, 0) is 12.0 Å². The zero-order valence-electron chi connectivity index (χ0n) is 10.1. The molecule has 1 spiro atoms. The van der Waals surface area contributed by atoms with Gasteiger partial charge in [0.1, 0.15) is 0 Å². The normalized spacial score (nSPS) is 29.2. The lowest BCUT2D eigenvalue weighted by atomic mass is 9.80. The van der Waals surface area contributed by atoms with Crippen molar-refractivity contribution < 1.29 is 0 Å². The maximum absolute atomic E-state index is 3.88. The van der Waals surface area contributed by atoms with Crippen LogP contribution >= 0.6 is 11.3 Å². The molecule has 2 nitrogen and oxygen atoms in total. The largest absolute Gasteiger partial charge is 0.306 e. The molecule has 1 aromatic heterocycles. The molecule has 1 N–H and O–H groups in total. The van der Waals surface area contributed by atoms with E-state index in [1.807, 2.05) is 11.3 Å².